The Kier molecular flexibility index (Phi) is 3.74. The van der Waals surface area contributed by atoms with Gasteiger partial charge in [0.2, 0.25) is 5.91 Å². The van der Waals surface area contributed by atoms with Crippen LogP contribution in [0.3, 0.4) is 0 Å². The number of hydrogen-bond acceptors (Lipinski definition) is 3. The molecule has 0 unspecified atom stereocenters. The lowest BCUT2D eigenvalue weighted by Crippen LogP contribution is -2.27. The fourth-order valence-electron chi connectivity index (χ4n) is 1.40. The van der Waals surface area contributed by atoms with Crippen LogP contribution in [0.2, 0.25) is 5.02 Å². The topological polar surface area (TPSA) is 64.0 Å². The van der Waals surface area contributed by atoms with E-state index < -0.39 is 0 Å². The number of hydrogen-bond donors (Lipinski definition) is 1. The lowest BCUT2D eigenvalue weighted by atomic mass is 10.3. The van der Waals surface area contributed by atoms with Gasteiger partial charge in [-0.1, -0.05) is 23.7 Å². The third-order valence-corrected chi connectivity index (χ3v) is 2.58. The molecule has 5 nitrogen and oxygen atoms in total. The van der Waals surface area contributed by atoms with Crippen LogP contribution in [-0.2, 0) is 11.3 Å². The molecule has 0 spiro atoms. The van der Waals surface area contributed by atoms with E-state index in [0.717, 1.165) is 0 Å². The quantitative estimate of drug-likeness (QED) is 0.913. The highest BCUT2D eigenvalue weighted by Gasteiger charge is 2.06. The first kappa shape index (κ1) is 12.3. The zero-order chi connectivity index (χ0) is 13.0. The molecule has 1 N–H and O–H groups in total. The third-order valence-electron chi connectivity index (χ3n) is 2.25. The van der Waals surface area contributed by atoms with Crippen LogP contribution in [0.5, 0.6) is 0 Å². The Bertz CT molecular complexity index is 624. The predicted molar refractivity (Wildman–Crippen MR) is 68.6 cm³/mol. The first-order chi connectivity index (χ1) is 8.66. The number of nitrogens with one attached hydrogen (secondary N) is 1. The maximum Gasteiger partial charge on any atom is 0.253 e. The molecule has 0 atom stereocenters. The van der Waals surface area contributed by atoms with Gasteiger partial charge in [0.05, 0.1) is 17.0 Å². The Balaban J connectivity index is 2.09. The highest BCUT2D eigenvalue weighted by molar-refractivity contribution is 6.33. The van der Waals surface area contributed by atoms with Crippen LogP contribution in [0.15, 0.2) is 47.7 Å². The van der Waals surface area contributed by atoms with Crippen molar-refractivity contribution in [2.45, 2.75) is 6.54 Å². The van der Waals surface area contributed by atoms with Gasteiger partial charge in [-0.15, -0.1) is 0 Å². The van der Waals surface area contributed by atoms with Gasteiger partial charge in [0.25, 0.3) is 5.56 Å². The summed E-state index contributed by atoms with van der Waals surface area (Å²) in [5, 5.41) is 3.08. The van der Waals surface area contributed by atoms with Crippen molar-refractivity contribution in [2.24, 2.45) is 0 Å². The van der Waals surface area contributed by atoms with Gasteiger partial charge in [-0.05, 0) is 12.1 Å². The van der Waals surface area contributed by atoms with Crippen molar-refractivity contribution in [3.8, 4) is 0 Å². The summed E-state index contributed by atoms with van der Waals surface area (Å²) in [6.07, 6.45) is 2.69. The summed E-state index contributed by atoms with van der Waals surface area (Å²) < 4.78 is 1.21. The van der Waals surface area contributed by atoms with Crippen LogP contribution >= 0.6 is 11.6 Å². The van der Waals surface area contributed by atoms with Crippen molar-refractivity contribution in [3.63, 3.8) is 0 Å². The minimum atomic E-state index is -0.335. The molecule has 6 heteroatoms. The molecule has 1 amide bonds. The molecule has 0 saturated carbocycles. The van der Waals surface area contributed by atoms with Crippen LogP contribution in [0.25, 0.3) is 0 Å². The van der Waals surface area contributed by atoms with E-state index in [-0.39, 0.29) is 18.0 Å². The summed E-state index contributed by atoms with van der Waals surface area (Å²) in [7, 11) is 0. The monoisotopic (exact) mass is 263 g/mol. The third kappa shape index (κ3) is 2.95. The number of benzene rings is 1. The lowest BCUT2D eigenvalue weighted by Gasteiger charge is -2.07. The molecule has 1 heterocycles. The van der Waals surface area contributed by atoms with Gasteiger partial charge < -0.3 is 5.32 Å². The molecule has 18 heavy (non-hydrogen) atoms. The van der Waals surface area contributed by atoms with E-state index in [1.807, 2.05) is 0 Å². The van der Waals surface area contributed by atoms with Crippen LogP contribution in [-0.4, -0.2) is 15.5 Å². The summed E-state index contributed by atoms with van der Waals surface area (Å²) in [6.45, 7) is -0.0993. The number of amides is 1. The SMILES string of the molecule is O=C(Cn1cnccc1=O)Nc1ccccc1Cl. The summed E-state index contributed by atoms with van der Waals surface area (Å²) in [6, 6.07) is 8.18. The van der Waals surface area contributed by atoms with Crippen LogP contribution in [0.1, 0.15) is 0 Å². The fraction of sp³-hybridized carbons (Fsp3) is 0.0833. The predicted octanol–water partition coefficient (Wildman–Crippen LogP) is 1.54. The Labute approximate surface area is 108 Å². The van der Waals surface area contributed by atoms with Gasteiger partial charge in [-0.3, -0.25) is 14.2 Å². The second-order valence-electron chi connectivity index (χ2n) is 3.57. The average Bonchev–Trinajstić information content (AvgIpc) is 2.35. The molecule has 0 bridgehead atoms. The Morgan fingerprint density at radius 1 is 1.33 bits per heavy atom. The largest absolute Gasteiger partial charge is 0.323 e. The van der Waals surface area contributed by atoms with Gasteiger partial charge in [-0.2, -0.15) is 0 Å². The van der Waals surface area contributed by atoms with Gasteiger partial charge in [0.1, 0.15) is 6.54 Å². The second kappa shape index (κ2) is 5.46. The molecule has 0 radical (unpaired) electrons. The molecule has 1 aromatic carbocycles. The molecule has 1 aromatic heterocycles. The maximum absolute atomic E-state index is 11.7. The number of para-hydroxylation sites is 1. The first-order valence-electron chi connectivity index (χ1n) is 5.21. The van der Waals surface area contributed by atoms with E-state index in [0.29, 0.717) is 10.7 Å². The molecule has 2 aromatic rings. The van der Waals surface area contributed by atoms with Gasteiger partial charge in [0.15, 0.2) is 0 Å². The van der Waals surface area contributed by atoms with Crippen LogP contribution in [0.4, 0.5) is 5.69 Å². The highest BCUT2D eigenvalue weighted by atomic mass is 35.5. The number of carbonyl (C=O) groups excluding carboxylic acids is 1. The average molecular weight is 264 g/mol. The molecule has 0 aliphatic carbocycles. The summed E-state index contributed by atoms with van der Waals surface area (Å²) in [5.41, 5.74) is 0.236. The minimum Gasteiger partial charge on any atom is -0.323 e. The normalized spacial score (nSPS) is 10.1. The summed E-state index contributed by atoms with van der Waals surface area (Å²) >= 11 is 5.91. The minimum absolute atomic E-state index is 0.0993. The molecule has 0 fully saturated rings. The smallest absolute Gasteiger partial charge is 0.253 e. The second-order valence-corrected chi connectivity index (χ2v) is 3.98. The van der Waals surface area contributed by atoms with Gasteiger partial charge >= 0.3 is 0 Å². The van der Waals surface area contributed by atoms with E-state index in [1.54, 1.807) is 24.3 Å². The Morgan fingerprint density at radius 3 is 2.83 bits per heavy atom. The first-order valence-corrected chi connectivity index (χ1v) is 5.59. The van der Waals surface area contributed by atoms with Crippen LogP contribution in [0, 0.1) is 0 Å². The zero-order valence-corrected chi connectivity index (χ0v) is 10.1. The van der Waals surface area contributed by atoms with Crippen molar-refractivity contribution in [1.29, 1.82) is 0 Å². The number of anilines is 1. The molecule has 0 aliphatic rings. The Morgan fingerprint density at radius 2 is 2.11 bits per heavy atom. The van der Waals surface area contributed by atoms with E-state index in [9.17, 15) is 9.59 Å². The molecule has 0 aliphatic heterocycles. The number of carbonyl (C=O) groups is 1. The van der Waals surface area contributed by atoms with E-state index in [4.69, 9.17) is 11.6 Å². The number of halogens is 1. The maximum atomic E-state index is 11.7. The number of rotatable bonds is 3. The lowest BCUT2D eigenvalue weighted by molar-refractivity contribution is -0.116. The molecular weight excluding hydrogens is 254 g/mol. The van der Waals surface area contributed by atoms with Gasteiger partial charge in [-0.25, -0.2) is 4.98 Å². The van der Waals surface area contributed by atoms with Crippen molar-refractivity contribution < 1.29 is 4.79 Å². The summed E-state index contributed by atoms with van der Waals surface area (Å²) in [5.74, 6) is -0.335. The van der Waals surface area contributed by atoms with E-state index in [2.05, 4.69) is 10.3 Å². The van der Waals surface area contributed by atoms with E-state index >= 15 is 0 Å². The van der Waals surface area contributed by atoms with Crippen molar-refractivity contribution >= 4 is 23.2 Å². The zero-order valence-electron chi connectivity index (χ0n) is 9.34. The number of aromatic nitrogens is 2. The van der Waals surface area contributed by atoms with Gasteiger partial charge in [0, 0.05) is 12.3 Å². The standard InChI is InChI=1S/C12H10ClN3O2/c13-9-3-1-2-4-10(9)15-11(17)7-16-8-14-6-5-12(16)18/h1-6,8H,7H2,(H,15,17). The fourth-order valence-corrected chi connectivity index (χ4v) is 1.59. The van der Waals surface area contributed by atoms with Crippen molar-refractivity contribution in [2.75, 3.05) is 5.32 Å². The molecule has 0 saturated heterocycles. The van der Waals surface area contributed by atoms with E-state index in [1.165, 1.54) is 23.2 Å². The number of nitrogens with zero attached hydrogens (tertiary/aromatic N) is 2. The van der Waals surface area contributed by atoms with Crippen molar-refractivity contribution in [1.82, 2.24) is 9.55 Å². The Hall–Kier alpha value is -2.14. The molecule has 2 rings (SSSR count). The van der Waals surface area contributed by atoms with Crippen molar-refractivity contribution in [3.05, 3.63) is 58.2 Å². The van der Waals surface area contributed by atoms with Crippen LogP contribution < -0.4 is 10.9 Å². The summed E-state index contributed by atoms with van der Waals surface area (Å²) in [4.78, 5) is 26.9. The molecular formula is C12H10ClN3O2. The highest BCUT2D eigenvalue weighted by Crippen LogP contribution is 2.20. The molecule has 92 valence electrons.